The molecule has 5 rings (SSSR count). The van der Waals surface area contributed by atoms with E-state index in [1.54, 1.807) is 49.4 Å². The molecular weight excluding hydrogens is 368 g/mol. The molecule has 0 radical (unpaired) electrons. The third kappa shape index (κ3) is 2.77. The van der Waals surface area contributed by atoms with Gasteiger partial charge in [0.15, 0.2) is 11.9 Å². The summed E-state index contributed by atoms with van der Waals surface area (Å²) in [6.07, 6.45) is -0.559. The lowest BCUT2D eigenvalue weighted by molar-refractivity contribution is -0.122. The molecule has 6 nitrogen and oxygen atoms in total. The number of amides is 2. The van der Waals surface area contributed by atoms with Crippen molar-refractivity contribution in [3.05, 3.63) is 77.4 Å². The van der Waals surface area contributed by atoms with Crippen LogP contribution in [0, 0.1) is 0 Å². The van der Waals surface area contributed by atoms with Crippen molar-refractivity contribution in [3.63, 3.8) is 0 Å². The first-order valence-corrected chi connectivity index (χ1v) is 9.22. The summed E-state index contributed by atoms with van der Waals surface area (Å²) in [5.74, 6) is -0.102. The molecule has 1 atom stereocenters. The SMILES string of the molecule is CC1Oc2ccc(NC(=O)c3ccc4c(c3)C(=O)c3ccccc3-4)cc2NC1=O. The number of nitrogens with one attached hydrogen (secondary N) is 2. The Kier molecular flexibility index (Phi) is 3.74. The van der Waals surface area contributed by atoms with Crippen molar-refractivity contribution in [2.24, 2.45) is 0 Å². The Hall–Kier alpha value is -3.93. The number of anilines is 2. The van der Waals surface area contributed by atoms with E-state index in [1.807, 2.05) is 18.2 Å². The zero-order valence-corrected chi connectivity index (χ0v) is 15.5. The highest BCUT2D eigenvalue weighted by Gasteiger charge is 2.27. The number of hydrogen-bond acceptors (Lipinski definition) is 4. The number of ether oxygens (including phenoxy) is 1. The predicted molar refractivity (Wildman–Crippen MR) is 108 cm³/mol. The molecule has 0 saturated carbocycles. The molecule has 0 bridgehead atoms. The van der Waals surface area contributed by atoms with Crippen LogP contribution in [0.2, 0.25) is 0 Å². The van der Waals surface area contributed by atoms with Gasteiger partial charge in [0.1, 0.15) is 5.75 Å². The molecule has 3 aromatic rings. The number of carbonyl (C=O) groups is 3. The summed E-state index contributed by atoms with van der Waals surface area (Å²) < 4.78 is 5.52. The molecule has 2 amide bonds. The average Bonchev–Trinajstić information content (AvgIpc) is 3.01. The first-order chi connectivity index (χ1) is 14.0. The molecule has 2 aliphatic rings. The Labute approximate surface area is 166 Å². The van der Waals surface area contributed by atoms with Crippen LogP contribution in [0.5, 0.6) is 5.75 Å². The molecule has 0 fully saturated rings. The van der Waals surface area contributed by atoms with Crippen molar-refractivity contribution in [2.45, 2.75) is 13.0 Å². The summed E-state index contributed by atoms with van der Waals surface area (Å²) in [5.41, 5.74) is 4.31. The van der Waals surface area contributed by atoms with Gasteiger partial charge in [0.2, 0.25) is 0 Å². The van der Waals surface area contributed by atoms with Crippen LogP contribution in [0.25, 0.3) is 11.1 Å². The van der Waals surface area contributed by atoms with Crippen molar-refractivity contribution < 1.29 is 19.1 Å². The summed E-state index contributed by atoms with van der Waals surface area (Å²) in [6, 6.07) is 17.6. The van der Waals surface area contributed by atoms with Gasteiger partial charge in [-0.1, -0.05) is 30.3 Å². The van der Waals surface area contributed by atoms with Gasteiger partial charge in [-0.15, -0.1) is 0 Å². The van der Waals surface area contributed by atoms with E-state index in [9.17, 15) is 14.4 Å². The maximum absolute atomic E-state index is 12.7. The zero-order chi connectivity index (χ0) is 20.1. The topological polar surface area (TPSA) is 84.5 Å². The van der Waals surface area contributed by atoms with Crippen molar-refractivity contribution in [2.75, 3.05) is 10.6 Å². The Morgan fingerprint density at radius 1 is 0.931 bits per heavy atom. The quantitative estimate of drug-likeness (QED) is 0.549. The van der Waals surface area contributed by atoms with Gasteiger partial charge < -0.3 is 15.4 Å². The number of ketones is 1. The van der Waals surface area contributed by atoms with E-state index in [0.717, 1.165) is 11.1 Å². The smallest absolute Gasteiger partial charge is 0.265 e. The van der Waals surface area contributed by atoms with E-state index >= 15 is 0 Å². The van der Waals surface area contributed by atoms with Crippen LogP contribution in [-0.4, -0.2) is 23.7 Å². The second kappa shape index (κ2) is 6.31. The van der Waals surface area contributed by atoms with Crippen LogP contribution in [0.1, 0.15) is 33.2 Å². The van der Waals surface area contributed by atoms with Gasteiger partial charge in [0.05, 0.1) is 5.69 Å². The highest BCUT2D eigenvalue weighted by molar-refractivity contribution is 6.22. The standard InChI is InChI=1S/C23H16N2O4/c1-12-22(27)25-19-11-14(7-9-20(19)29-12)24-23(28)13-6-8-16-15-4-2-3-5-17(15)21(26)18(16)10-13/h2-12H,1H3,(H,24,28)(H,25,27). The minimum atomic E-state index is -0.559. The van der Waals surface area contributed by atoms with Crippen molar-refractivity contribution in [1.82, 2.24) is 0 Å². The number of fused-ring (bicyclic) bond motifs is 4. The monoisotopic (exact) mass is 384 g/mol. The van der Waals surface area contributed by atoms with Crippen LogP contribution < -0.4 is 15.4 Å². The van der Waals surface area contributed by atoms with E-state index < -0.39 is 6.10 Å². The molecule has 6 heteroatoms. The lowest BCUT2D eigenvalue weighted by atomic mass is 10.0. The summed E-state index contributed by atoms with van der Waals surface area (Å²) in [5, 5.41) is 5.56. The Balaban J connectivity index is 1.41. The van der Waals surface area contributed by atoms with Crippen LogP contribution in [-0.2, 0) is 4.79 Å². The first-order valence-electron chi connectivity index (χ1n) is 9.22. The van der Waals surface area contributed by atoms with Gasteiger partial charge in [-0.3, -0.25) is 14.4 Å². The van der Waals surface area contributed by atoms with Crippen molar-refractivity contribution in [1.29, 1.82) is 0 Å². The lowest BCUT2D eigenvalue weighted by Gasteiger charge is -2.23. The highest BCUT2D eigenvalue weighted by Crippen LogP contribution is 2.37. The molecule has 29 heavy (non-hydrogen) atoms. The van der Waals surface area contributed by atoms with E-state index in [-0.39, 0.29) is 17.6 Å². The summed E-state index contributed by atoms with van der Waals surface area (Å²) >= 11 is 0. The average molecular weight is 384 g/mol. The van der Waals surface area contributed by atoms with Crippen LogP contribution in [0.4, 0.5) is 11.4 Å². The molecule has 0 saturated heterocycles. The van der Waals surface area contributed by atoms with Crippen molar-refractivity contribution in [3.8, 4) is 16.9 Å². The maximum atomic E-state index is 12.7. The molecule has 1 unspecified atom stereocenters. The van der Waals surface area contributed by atoms with Crippen LogP contribution >= 0.6 is 0 Å². The fourth-order valence-electron chi connectivity index (χ4n) is 3.66. The summed E-state index contributed by atoms with van der Waals surface area (Å²) in [4.78, 5) is 37.2. The number of rotatable bonds is 2. The van der Waals surface area contributed by atoms with E-state index in [2.05, 4.69) is 10.6 Å². The Morgan fingerprint density at radius 3 is 2.52 bits per heavy atom. The molecule has 142 valence electrons. The second-order valence-corrected chi connectivity index (χ2v) is 7.05. The minimum absolute atomic E-state index is 0.0759. The number of benzene rings is 3. The minimum Gasteiger partial charge on any atom is -0.479 e. The molecule has 1 aliphatic heterocycles. The molecule has 1 heterocycles. The van der Waals surface area contributed by atoms with Crippen LogP contribution in [0.3, 0.4) is 0 Å². The van der Waals surface area contributed by atoms with Crippen molar-refractivity contribution >= 4 is 29.0 Å². The molecule has 2 N–H and O–H groups in total. The maximum Gasteiger partial charge on any atom is 0.265 e. The highest BCUT2D eigenvalue weighted by atomic mass is 16.5. The van der Waals surface area contributed by atoms with Gasteiger partial charge in [-0.05, 0) is 48.4 Å². The normalized spacial score (nSPS) is 16.2. The lowest BCUT2D eigenvalue weighted by Crippen LogP contribution is -2.34. The molecular formula is C23H16N2O4. The summed E-state index contributed by atoms with van der Waals surface area (Å²) in [6.45, 7) is 1.67. The first kappa shape index (κ1) is 17.2. The summed E-state index contributed by atoms with van der Waals surface area (Å²) in [7, 11) is 0. The predicted octanol–water partition coefficient (Wildman–Crippen LogP) is 3.87. The van der Waals surface area contributed by atoms with E-state index in [1.165, 1.54) is 0 Å². The Morgan fingerprint density at radius 2 is 1.69 bits per heavy atom. The van der Waals surface area contributed by atoms with Gasteiger partial charge in [-0.25, -0.2) is 0 Å². The third-order valence-corrected chi connectivity index (χ3v) is 5.16. The fourth-order valence-corrected chi connectivity index (χ4v) is 3.66. The Bertz CT molecular complexity index is 1220. The molecule has 3 aromatic carbocycles. The van der Waals surface area contributed by atoms with Crippen LogP contribution in [0.15, 0.2) is 60.7 Å². The van der Waals surface area contributed by atoms with Gasteiger partial charge in [-0.2, -0.15) is 0 Å². The van der Waals surface area contributed by atoms with E-state index in [4.69, 9.17) is 4.74 Å². The fraction of sp³-hybridized carbons (Fsp3) is 0.0870. The largest absolute Gasteiger partial charge is 0.479 e. The molecule has 0 aromatic heterocycles. The van der Waals surface area contributed by atoms with Gasteiger partial charge in [0, 0.05) is 22.4 Å². The second-order valence-electron chi connectivity index (χ2n) is 7.05. The third-order valence-electron chi connectivity index (χ3n) is 5.16. The number of carbonyl (C=O) groups excluding carboxylic acids is 3. The van der Waals surface area contributed by atoms with E-state index in [0.29, 0.717) is 33.8 Å². The zero-order valence-electron chi connectivity index (χ0n) is 15.5. The number of hydrogen-bond donors (Lipinski definition) is 2. The molecule has 0 spiro atoms. The van der Waals surface area contributed by atoms with Gasteiger partial charge in [0.25, 0.3) is 11.8 Å². The molecule has 1 aliphatic carbocycles. The van der Waals surface area contributed by atoms with Gasteiger partial charge >= 0.3 is 0 Å².